The number of amides is 1. The summed E-state index contributed by atoms with van der Waals surface area (Å²) in [5.74, 6) is -0.798. The highest BCUT2D eigenvalue weighted by Gasteiger charge is 2.23. The van der Waals surface area contributed by atoms with Gasteiger partial charge < -0.3 is 10.1 Å². The van der Waals surface area contributed by atoms with Gasteiger partial charge in [-0.05, 0) is 35.4 Å². The Morgan fingerprint density at radius 3 is 2.07 bits per heavy atom. The van der Waals surface area contributed by atoms with Crippen molar-refractivity contribution in [1.29, 1.82) is 0 Å². The van der Waals surface area contributed by atoms with Crippen LogP contribution in [0.3, 0.4) is 0 Å². The Hall–Kier alpha value is -3.11. The molecule has 4 nitrogen and oxygen atoms in total. The van der Waals surface area contributed by atoms with Crippen molar-refractivity contribution in [2.45, 2.75) is 19.1 Å². The standard InChI is InChI=1S/C23H20ClNO3/c24-20-13-11-18(12-14-20)16-28-23(27)21(15-17-7-3-1-4-8-17)25-22(26)19-9-5-2-6-10-19/h1-14,21H,15-16H2,(H,25,26)/t21-/m1/s1. The molecule has 0 saturated carbocycles. The summed E-state index contributed by atoms with van der Waals surface area (Å²) in [6.07, 6.45) is 0.346. The number of carbonyl (C=O) groups excluding carboxylic acids is 2. The molecule has 0 aliphatic carbocycles. The van der Waals surface area contributed by atoms with Gasteiger partial charge in [-0.1, -0.05) is 72.3 Å². The fourth-order valence-corrected chi connectivity index (χ4v) is 2.84. The van der Waals surface area contributed by atoms with Crippen molar-refractivity contribution in [3.63, 3.8) is 0 Å². The summed E-state index contributed by atoms with van der Waals surface area (Å²) in [6, 6.07) is 24.6. The third kappa shape index (κ3) is 5.69. The molecule has 0 heterocycles. The molecule has 0 aliphatic rings. The second-order valence-electron chi connectivity index (χ2n) is 6.32. The number of esters is 1. The van der Waals surface area contributed by atoms with Crippen LogP contribution >= 0.6 is 11.6 Å². The zero-order valence-corrected chi connectivity index (χ0v) is 15.9. The lowest BCUT2D eigenvalue weighted by molar-refractivity contribution is -0.147. The van der Waals surface area contributed by atoms with Gasteiger partial charge >= 0.3 is 5.97 Å². The van der Waals surface area contributed by atoms with E-state index in [1.54, 1.807) is 48.5 Å². The average molecular weight is 394 g/mol. The van der Waals surface area contributed by atoms with Gasteiger partial charge in [0.2, 0.25) is 0 Å². The first-order valence-electron chi connectivity index (χ1n) is 8.93. The number of carbonyl (C=O) groups is 2. The van der Waals surface area contributed by atoms with Gasteiger partial charge in [-0.25, -0.2) is 4.79 Å². The maximum Gasteiger partial charge on any atom is 0.329 e. The second-order valence-corrected chi connectivity index (χ2v) is 6.75. The van der Waals surface area contributed by atoms with E-state index in [9.17, 15) is 9.59 Å². The van der Waals surface area contributed by atoms with Crippen LogP contribution in [0.1, 0.15) is 21.5 Å². The molecule has 0 radical (unpaired) electrons. The molecular weight excluding hydrogens is 374 g/mol. The largest absolute Gasteiger partial charge is 0.459 e. The molecule has 0 fully saturated rings. The van der Waals surface area contributed by atoms with Crippen molar-refractivity contribution >= 4 is 23.5 Å². The highest BCUT2D eigenvalue weighted by Crippen LogP contribution is 2.12. The summed E-state index contributed by atoms with van der Waals surface area (Å²) in [5.41, 5.74) is 2.25. The molecule has 3 aromatic rings. The van der Waals surface area contributed by atoms with E-state index in [0.29, 0.717) is 17.0 Å². The van der Waals surface area contributed by atoms with Crippen LogP contribution in [0.25, 0.3) is 0 Å². The van der Waals surface area contributed by atoms with Crippen molar-refractivity contribution < 1.29 is 14.3 Å². The van der Waals surface area contributed by atoms with Gasteiger partial charge in [0.15, 0.2) is 0 Å². The van der Waals surface area contributed by atoms with E-state index < -0.39 is 12.0 Å². The molecule has 3 rings (SSSR count). The average Bonchev–Trinajstić information content (AvgIpc) is 2.74. The molecular formula is C23H20ClNO3. The van der Waals surface area contributed by atoms with Gasteiger partial charge in [0.25, 0.3) is 5.91 Å². The molecule has 0 saturated heterocycles. The first-order valence-corrected chi connectivity index (χ1v) is 9.30. The number of hydrogen-bond acceptors (Lipinski definition) is 3. The van der Waals surface area contributed by atoms with E-state index in [1.807, 2.05) is 36.4 Å². The van der Waals surface area contributed by atoms with E-state index in [2.05, 4.69) is 5.32 Å². The van der Waals surface area contributed by atoms with Gasteiger partial charge in [-0.2, -0.15) is 0 Å². The fourth-order valence-electron chi connectivity index (χ4n) is 2.71. The molecule has 0 unspecified atom stereocenters. The summed E-state index contributed by atoms with van der Waals surface area (Å²) in [6.45, 7) is 0.114. The normalized spacial score (nSPS) is 11.5. The van der Waals surface area contributed by atoms with E-state index in [0.717, 1.165) is 11.1 Å². The highest BCUT2D eigenvalue weighted by molar-refractivity contribution is 6.30. The number of ether oxygens (including phenoxy) is 1. The molecule has 0 aromatic heterocycles. The molecule has 1 N–H and O–H groups in total. The van der Waals surface area contributed by atoms with Crippen LogP contribution in [0.2, 0.25) is 5.02 Å². The summed E-state index contributed by atoms with van der Waals surface area (Å²) in [5, 5.41) is 3.41. The van der Waals surface area contributed by atoms with Crippen LogP contribution in [0.15, 0.2) is 84.9 Å². The predicted molar refractivity (Wildman–Crippen MR) is 109 cm³/mol. The van der Waals surface area contributed by atoms with Crippen molar-refractivity contribution in [1.82, 2.24) is 5.32 Å². The van der Waals surface area contributed by atoms with Gasteiger partial charge in [0.1, 0.15) is 12.6 Å². The van der Waals surface area contributed by atoms with Crippen molar-refractivity contribution in [2.24, 2.45) is 0 Å². The molecule has 142 valence electrons. The lowest BCUT2D eigenvalue weighted by Gasteiger charge is -2.18. The minimum Gasteiger partial charge on any atom is -0.459 e. The number of rotatable bonds is 7. The summed E-state index contributed by atoms with van der Waals surface area (Å²) < 4.78 is 5.44. The summed E-state index contributed by atoms with van der Waals surface area (Å²) in [7, 11) is 0. The van der Waals surface area contributed by atoms with Crippen LogP contribution in [0, 0.1) is 0 Å². The van der Waals surface area contributed by atoms with Crippen molar-refractivity contribution in [3.05, 3.63) is 107 Å². The monoisotopic (exact) mass is 393 g/mol. The smallest absolute Gasteiger partial charge is 0.329 e. The Morgan fingerprint density at radius 2 is 1.43 bits per heavy atom. The van der Waals surface area contributed by atoms with E-state index in [4.69, 9.17) is 16.3 Å². The van der Waals surface area contributed by atoms with Crippen LogP contribution in [0.5, 0.6) is 0 Å². The molecule has 3 aromatic carbocycles. The maximum atomic E-state index is 12.7. The van der Waals surface area contributed by atoms with E-state index in [1.165, 1.54) is 0 Å². The van der Waals surface area contributed by atoms with Crippen LogP contribution in [-0.4, -0.2) is 17.9 Å². The molecule has 0 aliphatic heterocycles. The van der Waals surface area contributed by atoms with Crippen LogP contribution < -0.4 is 5.32 Å². The molecule has 1 atom stereocenters. The molecule has 28 heavy (non-hydrogen) atoms. The first-order chi connectivity index (χ1) is 13.6. The fraction of sp³-hybridized carbons (Fsp3) is 0.130. The molecule has 0 spiro atoms. The Kier molecular flexibility index (Phi) is 6.82. The van der Waals surface area contributed by atoms with E-state index >= 15 is 0 Å². The van der Waals surface area contributed by atoms with E-state index in [-0.39, 0.29) is 12.5 Å². The Balaban J connectivity index is 1.70. The molecule has 1 amide bonds. The Morgan fingerprint density at radius 1 is 0.821 bits per heavy atom. The number of nitrogens with one attached hydrogen (secondary N) is 1. The summed E-state index contributed by atoms with van der Waals surface area (Å²) >= 11 is 5.88. The zero-order chi connectivity index (χ0) is 19.8. The topological polar surface area (TPSA) is 55.4 Å². The van der Waals surface area contributed by atoms with Gasteiger partial charge in [-0.3, -0.25) is 4.79 Å². The minimum atomic E-state index is -0.789. The zero-order valence-electron chi connectivity index (χ0n) is 15.2. The highest BCUT2D eigenvalue weighted by atomic mass is 35.5. The second kappa shape index (κ2) is 9.72. The first kappa shape index (κ1) is 19.6. The number of halogens is 1. The van der Waals surface area contributed by atoms with Gasteiger partial charge in [0.05, 0.1) is 0 Å². The van der Waals surface area contributed by atoms with Gasteiger partial charge in [0, 0.05) is 17.0 Å². The lowest BCUT2D eigenvalue weighted by atomic mass is 10.1. The van der Waals surface area contributed by atoms with Crippen LogP contribution in [0.4, 0.5) is 0 Å². The lowest BCUT2D eigenvalue weighted by Crippen LogP contribution is -2.43. The minimum absolute atomic E-state index is 0.114. The quantitative estimate of drug-likeness (QED) is 0.604. The maximum absolute atomic E-state index is 12.7. The van der Waals surface area contributed by atoms with Gasteiger partial charge in [-0.15, -0.1) is 0 Å². The Bertz CT molecular complexity index is 912. The molecule has 5 heteroatoms. The third-order valence-corrected chi connectivity index (χ3v) is 4.45. The number of benzene rings is 3. The van der Waals surface area contributed by atoms with Crippen LogP contribution in [-0.2, 0) is 22.6 Å². The van der Waals surface area contributed by atoms with Crippen molar-refractivity contribution in [3.8, 4) is 0 Å². The SMILES string of the molecule is O=C(N[C@H](Cc1ccccc1)C(=O)OCc1ccc(Cl)cc1)c1ccccc1. The number of hydrogen-bond donors (Lipinski definition) is 1. The molecule has 0 bridgehead atoms. The predicted octanol–water partition coefficient (Wildman–Crippen LogP) is 4.42. The third-order valence-electron chi connectivity index (χ3n) is 4.20. The Labute approximate surface area is 169 Å². The summed E-state index contributed by atoms with van der Waals surface area (Å²) in [4.78, 5) is 25.2. The van der Waals surface area contributed by atoms with Crippen molar-refractivity contribution in [2.75, 3.05) is 0 Å².